The summed E-state index contributed by atoms with van der Waals surface area (Å²) in [6.45, 7) is 4.46. The molecule has 2 aliphatic heterocycles. The number of nitrogens with zero attached hydrogens (tertiary/aromatic N) is 3. The lowest BCUT2D eigenvalue weighted by Crippen LogP contribution is -2.66. The summed E-state index contributed by atoms with van der Waals surface area (Å²) in [5.41, 5.74) is -4.11. The van der Waals surface area contributed by atoms with Crippen LogP contribution < -0.4 is 14.8 Å². The predicted octanol–water partition coefficient (Wildman–Crippen LogP) is 5.92. The first kappa shape index (κ1) is 41.2. The van der Waals surface area contributed by atoms with Crippen molar-refractivity contribution in [2.75, 3.05) is 6.54 Å². The Morgan fingerprint density at radius 3 is 2.31 bits per heavy atom. The van der Waals surface area contributed by atoms with Crippen LogP contribution in [0.3, 0.4) is 0 Å². The van der Waals surface area contributed by atoms with Crippen molar-refractivity contribution in [2.24, 2.45) is 17.8 Å². The maximum Gasteiger partial charge on any atom is 0.411 e. The highest BCUT2D eigenvalue weighted by molar-refractivity contribution is 7.91. The van der Waals surface area contributed by atoms with Gasteiger partial charge in [0.05, 0.1) is 17.3 Å². The number of carboxylic acid groups (broad SMARTS) is 1. The molecule has 58 heavy (non-hydrogen) atoms. The van der Waals surface area contributed by atoms with E-state index in [1.807, 2.05) is 43.3 Å². The molecule has 17 heteroatoms. The van der Waals surface area contributed by atoms with E-state index in [1.165, 1.54) is 6.92 Å². The zero-order valence-electron chi connectivity index (χ0n) is 32.7. The number of amides is 4. The summed E-state index contributed by atoms with van der Waals surface area (Å²) in [6, 6.07) is 11.4. The second-order valence-corrected chi connectivity index (χ2v) is 18.8. The van der Waals surface area contributed by atoms with E-state index in [0.29, 0.717) is 50.4 Å². The Labute approximate surface area is 334 Å². The van der Waals surface area contributed by atoms with Crippen molar-refractivity contribution in [3.63, 3.8) is 0 Å². The standard InChI is InChI=1S/C41H48F3N5O8S/c1-23-11-5-6-12-25-21-40(25,37(52)47-58(55,56)27-17-18-27)46-34(50)32-20-26(57-35-30-15-8-7-13-28(30)29-14-9-10-16-31(29)45-35)22-48(32)36(51)33(24(2)19-23)49(38(53)54)39(3,4)41(42,43)44/h6-10,12-16,23-27,32-33H,5,11,17-22H2,1-4H3,(H,46,50)(H,47,52)(H,53,54)/t23-,24+,25+,26+,32-,33-,40+/m0/s1. The van der Waals surface area contributed by atoms with Crippen LogP contribution in [-0.2, 0) is 24.4 Å². The molecule has 13 nitrogen and oxygen atoms in total. The monoisotopic (exact) mass is 827 g/mol. The molecule has 3 N–H and O–H groups in total. The van der Waals surface area contributed by atoms with Crippen molar-refractivity contribution >= 4 is 55.5 Å². The number of hydrogen-bond donors (Lipinski definition) is 3. The van der Waals surface area contributed by atoms with Gasteiger partial charge in [-0.25, -0.2) is 18.2 Å². The number of aromatic nitrogens is 1. The van der Waals surface area contributed by atoms with Gasteiger partial charge in [0.2, 0.25) is 27.7 Å². The molecule has 7 rings (SSSR count). The number of rotatable bonds is 7. The van der Waals surface area contributed by atoms with E-state index in [4.69, 9.17) is 9.72 Å². The Kier molecular flexibility index (Phi) is 10.7. The van der Waals surface area contributed by atoms with Crippen LogP contribution in [0, 0.1) is 17.8 Å². The van der Waals surface area contributed by atoms with Gasteiger partial charge in [0.15, 0.2) is 0 Å². The van der Waals surface area contributed by atoms with Gasteiger partial charge in [-0.1, -0.05) is 62.4 Å². The van der Waals surface area contributed by atoms with Crippen molar-refractivity contribution in [1.29, 1.82) is 0 Å². The fraction of sp³-hybridized carbons (Fsp3) is 0.537. The Hall–Kier alpha value is -4.93. The Morgan fingerprint density at radius 2 is 1.66 bits per heavy atom. The molecule has 4 aliphatic rings. The number of fused-ring (bicyclic) bond motifs is 5. The molecule has 312 valence electrons. The number of halogens is 3. The first-order valence-electron chi connectivity index (χ1n) is 19.6. The molecular weight excluding hydrogens is 780 g/mol. The molecule has 3 aromatic rings. The molecule has 0 bridgehead atoms. The number of alkyl halides is 3. The third-order valence-corrected chi connectivity index (χ3v) is 14.0. The first-order valence-corrected chi connectivity index (χ1v) is 21.2. The second kappa shape index (κ2) is 15.0. The van der Waals surface area contributed by atoms with Gasteiger partial charge in [-0.3, -0.25) is 24.0 Å². The number of nitrogens with one attached hydrogen (secondary N) is 2. The minimum atomic E-state index is -5.09. The van der Waals surface area contributed by atoms with Gasteiger partial charge in [0.1, 0.15) is 29.3 Å². The van der Waals surface area contributed by atoms with Crippen LogP contribution in [-0.4, -0.2) is 99.4 Å². The number of sulfonamides is 1. The molecule has 2 aromatic carbocycles. The Morgan fingerprint density at radius 1 is 1.00 bits per heavy atom. The SMILES string of the molecule is C[C@H]1CCC=C[C@@H]2C[C@@]2(C(=O)NS(=O)(=O)C2CC2)NC(=O)[C@@H]2C[C@@H](Oc3nc4ccccc4c4ccccc34)CN2C(=O)[C@@H](N(C(=O)O)C(C)(C)C(F)(F)F)[C@H](C)C1. The van der Waals surface area contributed by atoms with Gasteiger partial charge in [-0.15, -0.1) is 0 Å². The van der Waals surface area contributed by atoms with Crippen LogP contribution in [0.2, 0.25) is 0 Å². The van der Waals surface area contributed by atoms with E-state index < -0.39 is 86.4 Å². The fourth-order valence-corrected chi connectivity index (χ4v) is 9.97. The summed E-state index contributed by atoms with van der Waals surface area (Å²) < 4.78 is 78.6. The van der Waals surface area contributed by atoms with Gasteiger partial charge >= 0.3 is 12.3 Å². The van der Waals surface area contributed by atoms with E-state index in [2.05, 4.69) is 10.0 Å². The fourth-order valence-electron chi connectivity index (χ4n) is 8.61. The largest absolute Gasteiger partial charge is 0.472 e. The van der Waals surface area contributed by atoms with Crippen LogP contribution >= 0.6 is 0 Å². The van der Waals surface area contributed by atoms with Crippen LogP contribution in [0.4, 0.5) is 18.0 Å². The Balaban J connectivity index is 1.31. The van der Waals surface area contributed by atoms with Gasteiger partial charge in [-0.05, 0) is 81.7 Å². The highest BCUT2D eigenvalue weighted by atomic mass is 32.2. The number of carbonyl (C=O) groups excluding carboxylic acids is 3. The van der Waals surface area contributed by atoms with E-state index in [-0.39, 0.29) is 42.5 Å². The second-order valence-electron chi connectivity index (χ2n) is 16.9. The molecule has 0 radical (unpaired) electrons. The molecule has 7 atom stereocenters. The highest BCUT2D eigenvalue weighted by Crippen LogP contribution is 2.47. The number of carbonyl (C=O) groups is 4. The molecule has 1 aromatic heterocycles. The van der Waals surface area contributed by atoms with Crippen molar-refractivity contribution in [3.8, 4) is 5.88 Å². The summed E-state index contributed by atoms with van der Waals surface area (Å²) >= 11 is 0. The summed E-state index contributed by atoms with van der Waals surface area (Å²) in [5, 5.41) is 14.8. The quantitative estimate of drug-likeness (QED) is 0.193. The van der Waals surface area contributed by atoms with Gasteiger partial charge < -0.3 is 20.1 Å². The van der Waals surface area contributed by atoms with Gasteiger partial charge in [0.25, 0.3) is 5.91 Å². The van der Waals surface area contributed by atoms with Crippen LogP contribution in [0.5, 0.6) is 5.88 Å². The number of hydrogen-bond acceptors (Lipinski definition) is 8. The number of para-hydroxylation sites is 1. The summed E-state index contributed by atoms with van der Waals surface area (Å²) in [5.74, 6) is -4.34. The normalized spacial score (nSPS) is 28.5. The zero-order valence-corrected chi connectivity index (χ0v) is 33.5. The summed E-state index contributed by atoms with van der Waals surface area (Å²) in [6.07, 6.45) is -2.64. The van der Waals surface area contributed by atoms with Crippen molar-refractivity contribution in [2.45, 2.75) is 113 Å². The minimum absolute atomic E-state index is 0.0661. The zero-order chi connectivity index (χ0) is 41.9. The molecule has 0 unspecified atom stereocenters. The van der Waals surface area contributed by atoms with Crippen molar-refractivity contribution in [3.05, 3.63) is 60.7 Å². The maximum atomic E-state index is 15.0. The first-order chi connectivity index (χ1) is 27.2. The number of ether oxygens (including phenoxy) is 1. The van der Waals surface area contributed by atoms with Crippen LogP contribution in [0.1, 0.15) is 72.6 Å². The average molecular weight is 828 g/mol. The van der Waals surface area contributed by atoms with E-state index in [9.17, 15) is 41.1 Å². The number of benzene rings is 2. The van der Waals surface area contributed by atoms with Crippen molar-refractivity contribution < 1.29 is 50.6 Å². The molecule has 3 fully saturated rings. The van der Waals surface area contributed by atoms with Crippen LogP contribution in [0.25, 0.3) is 21.7 Å². The maximum absolute atomic E-state index is 15.0. The predicted molar refractivity (Wildman–Crippen MR) is 208 cm³/mol. The molecular formula is C41H48F3N5O8S. The average Bonchev–Trinajstić information content (AvgIpc) is 4.08. The lowest BCUT2D eigenvalue weighted by Gasteiger charge is -2.45. The highest BCUT2D eigenvalue weighted by Gasteiger charge is 2.63. The minimum Gasteiger partial charge on any atom is -0.472 e. The smallest absolute Gasteiger partial charge is 0.411 e. The molecule has 2 saturated carbocycles. The molecule has 1 saturated heterocycles. The topological polar surface area (TPSA) is 175 Å². The van der Waals surface area contributed by atoms with Gasteiger partial charge in [-0.2, -0.15) is 13.2 Å². The molecule has 3 heterocycles. The third-order valence-electron chi connectivity index (χ3n) is 12.2. The summed E-state index contributed by atoms with van der Waals surface area (Å²) in [7, 11) is -4.02. The lowest BCUT2D eigenvalue weighted by atomic mass is 9.85. The van der Waals surface area contributed by atoms with E-state index in [1.54, 1.807) is 24.3 Å². The summed E-state index contributed by atoms with van der Waals surface area (Å²) in [4.78, 5) is 62.3. The molecule has 2 aliphatic carbocycles. The van der Waals surface area contributed by atoms with Crippen LogP contribution in [0.15, 0.2) is 60.7 Å². The Bertz CT molecular complexity index is 2280. The number of allylic oxidation sites excluding steroid dienone is 1. The molecule has 0 spiro atoms. The lowest BCUT2D eigenvalue weighted by molar-refractivity contribution is -0.222. The third kappa shape index (κ3) is 7.69. The molecule has 4 amide bonds. The van der Waals surface area contributed by atoms with E-state index >= 15 is 4.79 Å². The van der Waals surface area contributed by atoms with Crippen molar-refractivity contribution in [1.82, 2.24) is 24.8 Å². The van der Waals surface area contributed by atoms with Gasteiger partial charge in [0, 0.05) is 23.1 Å². The van der Waals surface area contributed by atoms with E-state index in [0.717, 1.165) is 15.7 Å². The number of pyridine rings is 1.